The molecule has 3 heterocycles. The van der Waals surface area contributed by atoms with Gasteiger partial charge >= 0.3 is 29.4 Å². The Hall–Kier alpha value is -3.68. The maximum absolute atomic E-state index is 12.5. The molecule has 0 radical (unpaired) electrons. The van der Waals surface area contributed by atoms with Gasteiger partial charge in [0.15, 0.2) is 38.0 Å². The Bertz CT molecular complexity index is 1340. The zero-order chi connectivity index (χ0) is 27.8. The van der Waals surface area contributed by atoms with Gasteiger partial charge in [-0.3, -0.25) is 9.59 Å². The van der Waals surface area contributed by atoms with Crippen LogP contribution in [0.3, 0.4) is 0 Å². The van der Waals surface area contributed by atoms with Crippen molar-refractivity contribution in [3.05, 3.63) is 66.4 Å². The summed E-state index contributed by atoms with van der Waals surface area (Å²) < 4.78 is 50.4. The number of carbonyl (C=O) groups is 2. The number of rotatable bonds is 14. The molecule has 0 aliphatic heterocycles. The molecule has 1 atom stereocenters. The van der Waals surface area contributed by atoms with Crippen LogP contribution < -0.4 is 17.5 Å². The Balaban J connectivity index is 1.64. The molecule has 1 unspecified atom stereocenters. The molecule has 0 amide bonds. The van der Waals surface area contributed by atoms with E-state index < -0.39 is 43.7 Å². The molecule has 0 bridgehead atoms. The van der Waals surface area contributed by atoms with Crippen molar-refractivity contribution in [2.24, 2.45) is 5.92 Å². The van der Waals surface area contributed by atoms with Gasteiger partial charge in [0, 0.05) is 12.6 Å². The first-order chi connectivity index (χ1) is 18.0. The van der Waals surface area contributed by atoms with Crippen LogP contribution in [0.4, 0.5) is 0 Å². The maximum Gasteiger partial charge on any atom is 0.519 e. The molecule has 38 heavy (non-hydrogen) atoms. The van der Waals surface area contributed by atoms with Crippen molar-refractivity contribution < 1.29 is 54.6 Å². The Morgan fingerprint density at radius 3 is 1.58 bits per heavy atom. The molecule has 0 spiro atoms. The summed E-state index contributed by atoms with van der Waals surface area (Å²) in [6, 6.07) is 0. The Labute approximate surface area is 214 Å². The van der Waals surface area contributed by atoms with Crippen LogP contribution in [-0.2, 0) is 47.9 Å². The van der Waals surface area contributed by atoms with Crippen molar-refractivity contribution in [2.75, 3.05) is 13.3 Å². The monoisotopic (exact) mass is 560 g/mol. The highest BCUT2D eigenvalue weighted by molar-refractivity contribution is 7.47. The van der Waals surface area contributed by atoms with E-state index in [1.54, 1.807) is 0 Å². The largest absolute Gasteiger partial charge is 0.519 e. The average Bonchev–Trinajstić information content (AvgIpc) is 3.49. The zero-order valence-corrected chi connectivity index (χ0v) is 21.8. The van der Waals surface area contributed by atoms with Gasteiger partial charge in [-0.05, 0) is 27.2 Å². The number of hydrogen-bond acceptors (Lipinski definition) is 15. The van der Waals surface area contributed by atoms with Crippen LogP contribution in [0.5, 0.6) is 0 Å². The molecule has 3 rings (SSSR count). The Morgan fingerprint density at radius 2 is 1.18 bits per heavy atom. The van der Waals surface area contributed by atoms with Gasteiger partial charge < -0.3 is 45.0 Å². The van der Waals surface area contributed by atoms with Gasteiger partial charge in [-0.2, -0.15) is 0 Å². The molecule has 0 N–H and O–H groups in total. The third-order valence-electron chi connectivity index (χ3n) is 5.15. The molecule has 15 nitrogen and oxygen atoms in total. The summed E-state index contributed by atoms with van der Waals surface area (Å²) >= 11 is 0. The molecular weight excluding hydrogens is 535 g/mol. The first-order valence-corrected chi connectivity index (χ1v) is 12.5. The summed E-state index contributed by atoms with van der Waals surface area (Å²) in [6.07, 6.45) is -0.215. The van der Waals surface area contributed by atoms with Crippen molar-refractivity contribution >= 4 is 20.3 Å². The fraction of sp³-hybridized carbons (Fsp3) is 0.500. The molecule has 16 heteroatoms. The molecule has 0 aliphatic rings. The van der Waals surface area contributed by atoms with Crippen molar-refractivity contribution in [1.29, 1.82) is 0 Å². The first-order valence-electron chi connectivity index (χ1n) is 11.1. The highest BCUT2D eigenvalue weighted by atomic mass is 31.2. The summed E-state index contributed by atoms with van der Waals surface area (Å²) in [5.74, 6) is -3.97. The highest BCUT2D eigenvalue weighted by Crippen LogP contribution is 2.43. The van der Waals surface area contributed by atoms with E-state index in [2.05, 4.69) is 0 Å². The summed E-state index contributed by atoms with van der Waals surface area (Å²) in [7, 11) is -0.702. The second kappa shape index (κ2) is 13.2. The average molecular weight is 560 g/mol. The quantitative estimate of drug-likeness (QED) is 0.205. The third kappa shape index (κ3) is 8.16. The van der Waals surface area contributed by atoms with Crippen LogP contribution in [0.2, 0.25) is 0 Å². The molecule has 3 aromatic heterocycles. The van der Waals surface area contributed by atoms with Gasteiger partial charge in [0.05, 0.1) is 13.0 Å². The lowest BCUT2D eigenvalue weighted by Crippen LogP contribution is -2.22. The Morgan fingerprint density at radius 1 is 0.737 bits per heavy atom. The lowest BCUT2D eigenvalue weighted by molar-refractivity contribution is -0.148. The number of methoxy groups -OCH3 is 1. The van der Waals surface area contributed by atoms with E-state index in [1.807, 2.05) is 0 Å². The number of hydrogen-bond donors (Lipinski definition) is 0. The van der Waals surface area contributed by atoms with E-state index in [4.69, 9.17) is 45.0 Å². The van der Waals surface area contributed by atoms with E-state index in [0.717, 1.165) is 0 Å². The van der Waals surface area contributed by atoms with Crippen molar-refractivity contribution in [2.45, 2.75) is 53.4 Å². The van der Waals surface area contributed by atoms with E-state index in [1.165, 1.54) is 27.9 Å². The molecule has 208 valence electrons. The lowest BCUT2D eigenvalue weighted by atomic mass is 10.1. The topological polar surface area (TPSA) is 201 Å². The van der Waals surface area contributed by atoms with E-state index >= 15 is 0 Å². The van der Waals surface area contributed by atoms with Crippen molar-refractivity contribution in [3.63, 3.8) is 0 Å². The number of aryl methyl sites for hydroxylation is 3. The van der Waals surface area contributed by atoms with Gasteiger partial charge in [0.1, 0.15) is 24.7 Å². The molecule has 0 aromatic carbocycles. The SMILES string of the molecule is COC(=O)C(CCC(=O)OCc1oc(=O)oc1C)CP(OCc1oc(=O)oc1C)OCc1oc(=O)oc1C. The fourth-order valence-electron chi connectivity index (χ4n) is 3.06. The van der Waals surface area contributed by atoms with E-state index in [-0.39, 0.29) is 73.4 Å². The first kappa shape index (κ1) is 28.9. The van der Waals surface area contributed by atoms with Crippen LogP contribution in [0.25, 0.3) is 0 Å². The summed E-state index contributed by atoms with van der Waals surface area (Å²) in [5.41, 5.74) is 0. The predicted molar refractivity (Wildman–Crippen MR) is 122 cm³/mol. The van der Waals surface area contributed by atoms with Crippen molar-refractivity contribution in [3.8, 4) is 0 Å². The molecule has 3 aromatic rings. The minimum absolute atomic E-state index is 0.00498. The smallest absolute Gasteiger partial charge is 0.469 e. The summed E-state index contributed by atoms with van der Waals surface area (Å²) in [6.45, 7) is 3.74. The van der Waals surface area contributed by atoms with E-state index in [9.17, 15) is 24.0 Å². The van der Waals surface area contributed by atoms with Crippen LogP contribution >= 0.6 is 8.38 Å². The summed E-state index contributed by atoms with van der Waals surface area (Å²) in [4.78, 5) is 58.5. The maximum atomic E-state index is 12.5. The molecule has 0 saturated heterocycles. The van der Waals surface area contributed by atoms with Gasteiger partial charge in [0.2, 0.25) is 0 Å². The predicted octanol–water partition coefficient (Wildman–Crippen LogP) is 2.61. The van der Waals surface area contributed by atoms with Gasteiger partial charge in [0.25, 0.3) is 0 Å². The van der Waals surface area contributed by atoms with Gasteiger partial charge in [-0.15, -0.1) is 0 Å². The van der Waals surface area contributed by atoms with Crippen molar-refractivity contribution in [1.82, 2.24) is 0 Å². The van der Waals surface area contributed by atoms with Gasteiger partial charge in [-0.1, -0.05) is 0 Å². The number of ether oxygens (including phenoxy) is 2. The van der Waals surface area contributed by atoms with Crippen LogP contribution in [0.1, 0.15) is 47.4 Å². The van der Waals surface area contributed by atoms with E-state index in [0.29, 0.717) is 0 Å². The van der Waals surface area contributed by atoms with Crippen LogP contribution in [0, 0.1) is 26.7 Å². The lowest BCUT2D eigenvalue weighted by Gasteiger charge is -2.21. The van der Waals surface area contributed by atoms with Gasteiger partial charge in [-0.25, -0.2) is 14.4 Å². The fourth-order valence-corrected chi connectivity index (χ4v) is 4.56. The second-order valence-electron chi connectivity index (χ2n) is 7.78. The molecule has 0 aliphatic carbocycles. The minimum atomic E-state index is -1.89. The number of esters is 2. The Kier molecular flexibility index (Phi) is 10.0. The van der Waals surface area contributed by atoms with Crippen LogP contribution in [-0.4, -0.2) is 25.2 Å². The third-order valence-corrected chi connectivity index (χ3v) is 6.72. The van der Waals surface area contributed by atoms with Crippen LogP contribution in [0.15, 0.2) is 40.9 Å². The summed E-state index contributed by atoms with van der Waals surface area (Å²) in [5, 5.41) is 0. The zero-order valence-electron chi connectivity index (χ0n) is 20.9. The normalized spacial score (nSPS) is 12.1. The molecule has 0 saturated carbocycles. The highest BCUT2D eigenvalue weighted by Gasteiger charge is 2.28. The minimum Gasteiger partial charge on any atom is -0.469 e. The molecule has 0 fully saturated rings. The molecular formula is C22H25O15P. The second-order valence-corrected chi connectivity index (χ2v) is 9.33. The standard InChI is InChI=1S/C22H25O15P/c1-11-15(35-20(25)32-11)7-29-18(23)6-5-14(19(24)28-4)10-38(30-8-16-12(2)33-21(26)36-16)31-9-17-13(3)34-22(27)37-17/h14H,5-10H2,1-4H3. The number of carbonyl (C=O) groups excluding carboxylic acids is 2.